The van der Waals surface area contributed by atoms with Crippen molar-refractivity contribution in [3.63, 3.8) is 0 Å². The number of thiocarbonyl (C=S) groups is 1. The molecule has 0 radical (unpaired) electrons. The number of hydrogen-bond donors (Lipinski definition) is 2. The van der Waals surface area contributed by atoms with Gasteiger partial charge in [0.15, 0.2) is 5.11 Å². The lowest BCUT2D eigenvalue weighted by molar-refractivity contribution is 0.628. The number of halogens is 2. The van der Waals surface area contributed by atoms with Gasteiger partial charge < -0.3 is 5.32 Å². The van der Waals surface area contributed by atoms with Crippen LogP contribution in [0.15, 0.2) is 58.1 Å². The van der Waals surface area contributed by atoms with Crippen LogP contribution in [0.4, 0.5) is 10.1 Å². The Kier molecular flexibility index (Phi) is 5.20. The molecule has 2 aromatic carbocycles. The van der Waals surface area contributed by atoms with E-state index in [1.54, 1.807) is 18.3 Å². The smallest absolute Gasteiger partial charge is 0.191 e. The summed E-state index contributed by atoms with van der Waals surface area (Å²) in [6.45, 7) is 0. The number of benzene rings is 2. The lowest BCUT2D eigenvalue weighted by atomic mass is 10.2. The van der Waals surface area contributed by atoms with Crippen molar-refractivity contribution in [2.24, 2.45) is 5.10 Å². The minimum Gasteiger partial charge on any atom is -0.331 e. The van der Waals surface area contributed by atoms with Crippen molar-refractivity contribution in [3.05, 3.63) is 64.4 Å². The van der Waals surface area contributed by atoms with Crippen molar-refractivity contribution in [1.82, 2.24) is 5.43 Å². The highest BCUT2D eigenvalue weighted by Crippen LogP contribution is 2.13. The van der Waals surface area contributed by atoms with Gasteiger partial charge >= 0.3 is 0 Å². The minimum absolute atomic E-state index is 0.290. The van der Waals surface area contributed by atoms with E-state index in [0.717, 1.165) is 10.0 Å². The number of rotatable bonds is 3. The molecular formula is C14H11BrFN3S. The van der Waals surface area contributed by atoms with E-state index < -0.39 is 0 Å². The van der Waals surface area contributed by atoms with Gasteiger partial charge in [0.2, 0.25) is 0 Å². The molecule has 20 heavy (non-hydrogen) atoms. The summed E-state index contributed by atoms with van der Waals surface area (Å²) in [4.78, 5) is 0. The largest absolute Gasteiger partial charge is 0.331 e. The van der Waals surface area contributed by atoms with E-state index in [1.165, 1.54) is 12.1 Å². The second-order valence-electron chi connectivity index (χ2n) is 3.85. The summed E-state index contributed by atoms with van der Waals surface area (Å²) in [5, 5.41) is 7.26. The molecule has 0 aliphatic carbocycles. The first kappa shape index (κ1) is 14.6. The van der Waals surface area contributed by atoms with E-state index in [9.17, 15) is 4.39 Å². The molecule has 0 saturated carbocycles. The third kappa shape index (κ3) is 4.40. The molecular weight excluding hydrogens is 341 g/mol. The zero-order chi connectivity index (χ0) is 14.4. The van der Waals surface area contributed by atoms with Gasteiger partial charge in [0, 0.05) is 15.7 Å². The van der Waals surface area contributed by atoms with Gasteiger partial charge in [0.05, 0.1) is 6.21 Å². The maximum absolute atomic E-state index is 12.7. The van der Waals surface area contributed by atoms with Crippen LogP contribution in [0.1, 0.15) is 5.56 Å². The van der Waals surface area contributed by atoms with Crippen molar-refractivity contribution in [2.45, 2.75) is 0 Å². The Morgan fingerprint density at radius 3 is 2.55 bits per heavy atom. The maximum Gasteiger partial charge on any atom is 0.191 e. The Morgan fingerprint density at radius 1 is 1.15 bits per heavy atom. The Morgan fingerprint density at radius 2 is 1.85 bits per heavy atom. The van der Waals surface area contributed by atoms with Crippen molar-refractivity contribution in [1.29, 1.82) is 0 Å². The van der Waals surface area contributed by atoms with Crippen LogP contribution >= 0.6 is 28.1 Å². The van der Waals surface area contributed by atoms with Gasteiger partial charge in [0.1, 0.15) is 5.82 Å². The highest BCUT2D eigenvalue weighted by atomic mass is 79.9. The second-order valence-corrected chi connectivity index (χ2v) is 5.12. The molecule has 2 rings (SSSR count). The topological polar surface area (TPSA) is 36.4 Å². The molecule has 2 aromatic rings. The maximum atomic E-state index is 12.7. The molecule has 2 N–H and O–H groups in total. The summed E-state index contributed by atoms with van der Waals surface area (Å²) in [6, 6.07) is 13.6. The highest BCUT2D eigenvalue weighted by molar-refractivity contribution is 9.10. The Hall–Kier alpha value is -1.79. The first-order valence-corrected chi connectivity index (χ1v) is 6.95. The van der Waals surface area contributed by atoms with Crippen molar-refractivity contribution in [3.8, 4) is 0 Å². The number of anilines is 1. The van der Waals surface area contributed by atoms with Crippen LogP contribution in [0, 0.1) is 5.82 Å². The fourth-order valence-corrected chi connectivity index (χ4v) is 1.99. The van der Waals surface area contributed by atoms with Crippen LogP contribution in [-0.2, 0) is 0 Å². The molecule has 0 aliphatic heterocycles. The highest BCUT2D eigenvalue weighted by Gasteiger charge is 1.97. The molecule has 0 heterocycles. The van der Waals surface area contributed by atoms with Gasteiger partial charge in [-0.3, -0.25) is 5.43 Å². The Balaban J connectivity index is 1.89. The van der Waals surface area contributed by atoms with Crippen molar-refractivity contribution in [2.75, 3.05) is 5.32 Å². The van der Waals surface area contributed by atoms with E-state index in [1.807, 2.05) is 24.3 Å². The number of hydrogen-bond acceptors (Lipinski definition) is 2. The quantitative estimate of drug-likeness (QED) is 0.500. The van der Waals surface area contributed by atoms with E-state index in [0.29, 0.717) is 10.8 Å². The predicted molar refractivity (Wildman–Crippen MR) is 87.5 cm³/mol. The number of hydrazone groups is 1. The molecule has 0 amide bonds. The normalized spacial score (nSPS) is 10.5. The van der Waals surface area contributed by atoms with Crippen LogP contribution < -0.4 is 10.7 Å². The lowest BCUT2D eigenvalue weighted by Crippen LogP contribution is -2.23. The molecule has 6 heteroatoms. The fraction of sp³-hybridized carbons (Fsp3) is 0. The molecule has 102 valence electrons. The summed E-state index contributed by atoms with van der Waals surface area (Å²) < 4.78 is 13.7. The first-order chi connectivity index (χ1) is 9.65. The monoisotopic (exact) mass is 351 g/mol. The molecule has 0 aliphatic rings. The standard InChI is InChI=1S/C14H11BrFN3S/c15-13-4-2-1-3-10(13)9-17-19-14(20)18-12-7-5-11(16)6-8-12/h1-9H,(H2,18,19,20)/b17-9-. The van der Waals surface area contributed by atoms with Gasteiger partial charge in [-0.05, 0) is 42.5 Å². The van der Waals surface area contributed by atoms with E-state index in [-0.39, 0.29) is 5.82 Å². The van der Waals surface area contributed by atoms with Gasteiger partial charge in [-0.15, -0.1) is 0 Å². The zero-order valence-electron chi connectivity index (χ0n) is 10.3. The average Bonchev–Trinajstić information content (AvgIpc) is 2.43. The zero-order valence-corrected chi connectivity index (χ0v) is 12.7. The second kappa shape index (κ2) is 7.12. The third-order valence-electron chi connectivity index (χ3n) is 2.38. The Labute approximate surface area is 130 Å². The summed E-state index contributed by atoms with van der Waals surface area (Å²) in [7, 11) is 0. The van der Waals surface area contributed by atoms with Crippen LogP contribution in [0.25, 0.3) is 0 Å². The predicted octanol–water partition coefficient (Wildman–Crippen LogP) is 3.91. The van der Waals surface area contributed by atoms with E-state index >= 15 is 0 Å². The van der Waals surface area contributed by atoms with Crippen molar-refractivity contribution >= 4 is 45.2 Å². The number of nitrogens with one attached hydrogen (secondary N) is 2. The lowest BCUT2D eigenvalue weighted by Gasteiger charge is -2.06. The van der Waals surface area contributed by atoms with Gasteiger partial charge in [-0.1, -0.05) is 34.1 Å². The summed E-state index contributed by atoms with van der Waals surface area (Å²) >= 11 is 8.50. The van der Waals surface area contributed by atoms with Gasteiger partial charge in [0.25, 0.3) is 0 Å². The molecule has 3 nitrogen and oxygen atoms in total. The molecule has 0 unspecified atom stereocenters. The van der Waals surface area contributed by atoms with E-state index in [2.05, 4.69) is 31.8 Å². The molecule has 0 saturated heterocycles. The molecule has 0 spiro atoms. The molecule has 0 atom stereocenters. The molecule has 0 aromatic heterocycles. The number of nitrogens with zero attached hydrogens (tertiary/aromatic N) is 1. The van der Waals surface area contributed by atoms with Crippen LogP contribution in [0.5, 0.6) is 0 Å². The third-order valence-corrected chi connectivity index (χ3v) is 3.29. The van der Waals surface area contributed by atoms with E-state index in [4.69, 9.17) is 12.2 Å². The summed E-state index contributed by atoms with van der Waals surface area (Å²) in [5.74, 6) is -0.290. The van der Waals surface area contributed by atoms with Crippen LogP contribution in [0.2, 0.25) is 0 Å². The first-order valence-electron chi connectivity index (χ1n) is 5.75. The van der Waals surface area contributed by atoms with Gasteiger partial charge in [-0.2, -0.15) is 5.10 Å². The molecule has 0 fully saturated rings. The molecule has 0 bridgehead atoms. The van der Waals surface area contributed by atoms with Gasteiger partial charge in [-0.25, -0.2) is 4.39 Å². The average molecular weight is 352 g/mol. The van der Waals surface area contributed by atoms with Crippen molar-refractivity contribution < 1.29 is 4.39 Å². The summed E-state index contributed by atoms with van der Waals surface area (Å²) in [6.07, 6.45) is 1.66. The summed E-state index contributed by atoms with van der Waals surface area (Å²) in [5.41, 5.74) is 4.33. The fourth-order valence-electron chi connectivity index (χ4n) is 1.43. The van der Waals surface area contributed by atoms with Crippen LogP contribution in [-0.4, -0.2) is 11.3 Å². The Bertz CT molecular complexity index is 629. The minimum atomic E-state index is -0.290. The SMILES string of the molecule is Fc1ccc(NC(=S)N/N=C\c2ccccc2Br)cc1. The van der Waals surface area contributed by atoms with Crippen LogP contribution in [0.3, 0.4) is 0 Å².